The highest BCUT2D eigenvalue weighted by molar-refractivity contribution is 5.83. The highest BCUT2D eigenvalue weighted by atomic mass is 16.1. The van der Waals surface area contributed by atoms with Gasteiger partial charge in [0.1, 0.15) is 5.78 Å². The Labute approximate surface area is 68.5 Å². The Bertz CT molecular complexity index is 172. The second-order valence-electron chi connectivity index (χ2n) is 3.55. The smallest absolute Gasteiger partial charge is 0.136 e. The average molecular weight is 152 g/mol. The van der Waals surface area contributed by atoms with Gasteiger partial charge in [0.05, 0.1) is 0 Å². The average Bonchev–Trinajstić information content (AvgIpc) is 2.32. The molecular weight excluding hydrogens is 136 g/mol. The highest BCUT2D eigenvalue weighted by Gasteiger charge is 2.32. The lowest BCUT2D eigenvalue weighted by Gasteiger charge is -2.18. The Morgan fingerprint density at radius 1 is 1.73 bits per heavy atom. The van der Waals surface area contributed by atoms with E-state index in [1.54, 1.807) is 0 Å². The first-order valence-corrected chi connectivity index (χ1v) is 4.32. The van der Waals surface area contributed by atoms with Crippen LogP contribution in [0.25, 0.3) is 0 Å². The zero-order chi connectivity index (χ0) is 8.43. The van der Waals surface area contributed by atoms with Crippen LogP contribution in [0.2, 0.25) is 0 Å². The first-order chi connectivity index (χ1) is 5.16. The van der Waals surface area contributed by atoms with E-state index in [1.807, 2.05) is 13.0 Å². The van der Waals surface area contributed by atoms with Crippen molar-refractivity contribution in [3.8, 4) is 0 Å². The molecule has 0 aromatic carbocycles. The third-order valence-electron chi connectivity index (χ3n) is 2.92. The van der Waals surface area contributed by atoms with Gasteiger partial charge in [-0.2, -0.15) is 0 Å². The van der Waals surface area contributed by atoms with Gasteiger partial charge in [-0.05, 0) is 18.3 Å². The quantitative estimate of drug-likeness (QED) is 0.555. The molecule has 0 aliphatic heterocycles. The van der Waals surface area contributed by atoms with E-state index in [1.165, 1.54) is 0 Å². The number of carbonyl (C=O) groups is 1. The standard InChI is InChI=1S/C10H16O/c1-4-7(2)9-5-6-10(11)8(9)3/h4,7-9H,1,5-6H2,2-3H3. The van der Waals surface area contributed by atoms with Crippen LogP contribution in [0.3, 0.4) is 0 Å². The summed E-state index contributed by atoms with van der Waals surface area (Å²) in [6.07, 6.45) is 3.80. The van der Waals surface area contributed by atoms with Crippen molar-refractivity contribution in [2.45, 2.75) is 26.7 Å². The number of carbonyl (C=O) groups excluding carboxylic acids is 1. The zero-order valence-electron chi connectivity index (χ0n) is 7.34. The molecule has 1 nitrogen and oxygen atoms in total. The molecule has 11 heavy (non-hydrogen) atoms. The van der Waals surface area contributed by atoms with Crippen LogP contribution >= 0.6 is 0 Å². The molecule has 1 aliphatic carbocycles. The Morgan fingerprint density at radius 3 is 2.73 bits per heavy atom. The van der Waals surface area contributed by atoms with E-state index in [4.69, 9.17) is 0 Å². The molecule has 0 aromatic rings. The summed E-state index contributed by atoms with van der Waals surface area (Å²) in [7, 11) is 0. The molecule has 0 aromatic heterocycles. The summed E-state index contributed by atoms with van der Waals surface area (Å²) in [5.41, 5.74) is 0. The topological polar surface area (TPSA) is 17.1 Å². The number of ketones is 1. The molecule has 1 heteroatoms. The summed E-state index contributed by atoms with van der Waals surface area (Å²) in [5, 5.41) is 0. The summed E-state index contributed by atoms with van der Waals surface area (Å²) < 4.78 is 0. The van der Waals surface area contributed by atoms with E-state index in [2.05, 4.69) is 13.5 Å². The Balaban J connectivity index is 2.61. The van der Waals surface area contributed by atoms with Crippen molar-refractivity contribution in [1.29, 1.82) is 0 Å². The molecule has 3 unspecified atom stereocenters. The lowest BCUT2D eigenvalue weighted by Crippen LogP contribution is -2.16. The Kier molecular flexibility index (Phi) is 2.48. The fraction of sp³-hybridized carbons (Fsp3) is 0.700. The predicted molar refractivity (Wildman–Crippen MR) is 46.3 cm³/mol. The molecule has 0 heterocycles. The summed E-state index contributed by atoms with van der Waals surface area (Å²) in [6.45, 7) is 7.94. The molecular formula is C10H16O. The molecule has 0 spiro atoms. The summed E-state index contributed by atoms with van der Waals surface area (Å²) in [6, 6.07) is 0. The predicted octanol–water partition coefficient (Wildman–Crippen LogP) is 2.42. The van der Waals surface area contributed by atoms with Gasteiger partial charge in [-0.1, -0.05) is 19.9 Å². The summed E-state index contributed by atoms with van der Waals surface area (Å²) in [4.78, 5) is 11.2. The van der Waals surface area contributed by atoms with Gasteiger partial charge in [-0.3, -0.25) is 4.79 Å². The maximum Gasteiger partial charge on any atom is 0.136 e. The van der Waals surface area contributed by atoms with Gasteiger partial charge in [0.15, 0.2) is 0 Å². The van der Waals surface area contributed by atoms with E-state index < -0.39 is 0 Å². The second-order valence-corrected chi connectivity index (χ2v) is 3.55. The third kappa shape index (κ3) is 1.52. The fourth-order valence-electron chi connectivity index (χ4n) is 1.92. The van der Waals surface area contributed by atoms with Crippen molar-refractivity contribution in [2.75, 3.05) is 0 Å². The molecule has 0 radical (unpaired) electrons. The van der Waals surface area contributed by atoms with Crippen LogP contribution in [-0.2, 0) is 4.79 Å². The van der Waals surface area contributed by atoms with Crippen molar-refractivity contribution in [3.05, 3.63) is 12.7 Å². The normalized spacial score (nSPS) is 33.8. The van der Waals surface area contributed by atoms with Gasteiger partial charge in [0.25, 0.3) is 0 Å². The minimum Gasteiger partial charge on any atom is -0.299 e. The van der Waals surface area contributed by atoms with Crippen molar-refractivity contribution >= 4 is 5.78 Å². The molecule has 3 atom stereocenters. The summed E-state index contributed by atoms with van der Waals surface area (Å²) in [5.74, 6) is 1.75. The molecule has 0 N–H and O–H groups in total. The number of Topliss-reactive ketones (excluding diaryl/α,β-unsaturated/α-hetero) is 1. The summed E-state index contributed by atoms with van der Waals surface area (Å²) >= 11 is 0. The Morgan fingerprint density at radius 2 is 2.36 bits per heavy atom. The molecule has 1 saturated carbocycles. The fourth-order valence-corrected chi connectivity index (χ4v) is 1.92. The van der Waals surface area contributed by atoms with Gasteiger partial charge >= 0.3 is 0 Å². The first kappa shape index (κ1) is 8.51. The monoisotopic (exact) mass is 152 g/mol. The number of hydrogen-bond donors (Lipinski definition) is 0. The second kappa shape index (κ2) is 3.21. The maximum atomic E-state index is 11.2. The molecule has 1 rings (SSSR count). The number of hydrogen-bond acceptors (Lipinski definition) is 1. The van der Waals surface area contributed by atoms with Crippen LogP contribution in [0, 0.1) is 17.8 Å². The van der Waals surface area contributed by atoms with Crippen molar-refractivity contribution < 1.29 is 4.79 Å². The molecule has 1 aliphatic rings. The van der Waals surface area contributed by atoms with Crippen LogP contribution in [-0.4, -0.2) is 5.78 Å². The van der Waals surface area contributed by atoms with Crippen LogP contribution < -0.4 is 0 Å². The Hall–Kier alpha value is -0.590. The molecule has 0 amide bonds. The van der Waals surface area contributed by atoms with Crippen LogP contribution in [0.15, 0.2) is 12.7 Å². The van der Waals surface area contributed by atoms with E-state index in [0.29, 0.717) is 17.6 Å². The minimum absolute atomic E-state index is 0.267. The molecule has 0 bridgehead atoms. The largest absolute Gasteiger partial charge is 0.299 e. The highest BCUT2D eigenvalue weighted by Crippen LogP contribution is 2.34. The lowest BCUT2D eigenvalue weighted by atomic mass is 9.86. The van der Waals surface area contributed by atoms with Crippen molar-refractivity contribution in [2.24, 2.45) is 17.8 Å². The zero-order valence-corrected chi connectivity index (χ0v) is 7.34. The van der Waals surface area contributed by atoms with Gasteiger partial charge in [-0.25, -0.2) is 0 Å². The molecule has 0 saturated heterocycles. The van der Waals surface area contributed by atoms with E-state index in [0.717, 1.165) is 12.8 Å². The van der Waals surface area contributed by atoms with Crippen LogP contribution in [0.4, 0.5) is 0 Å². The minimum atomic E-state index is 0.267. The number of allylic oxidation sites excluding steroid dienone is 1. The first-order valence-electron chi connectivity index (χ1n) is 4.32. The van der Waals surface area contributed by atoms with Crippen molar-refractivity contribution in [3.63, 3.8) is 0 Å². The van der Waals surface area contributed by atoms with E-state index >= 15 is 0 Å². The third-order valence-corrected chi connectivity index (χ3v) is 2.92. The van der Waals surface area contributed by atoms with Gasteiger partial charge in [-0.15, -0.1) is 6.58 Å². The van der Waals surface area contributed by atoms with Crippen LogP contribution in [0.1, 0.15) is 26.7 Å². The molecule has 1 fully saturated rings. The molecule has 62 valence electrons. The van der Waals surface area contributed by atoms with Gasteiger partial charge in [0.2, 0.25) is 0 Å². The SMILES string of the molecule is C=CC(C)C1CCC(=O)C1C. The van der Waals surface area contributed by atoms with Gasteiger partial charge < -0.3 is 0 Å². The van der Waals surface area contributed by atoms with E-state index in [9.17, 15) is 4.79 Å². The van der Waals surface area contributed by atoms with E-state index in [-0.39, 0.29) is 5.92 Å². The lowest BCUT2D eigenvalue weighted by molar-refractivity contribution is -0.120. The van der Waals surface area contributed by atoms with Crippen molar-refractivity contribution in [1.82, 2.24) is 0 Å². The van der Waals surface area contributed by atoms with Gasteiger partial charge in [0, 0.05) is 12.3 Å². The maximum absolute atomic E-state index is 11.2. The number of rotatable bonds is 2. The van der Waals surface area contributed by atoms with Crippen LogP contribution in [0.5, 0.6) is 0 Å².